The minimum atomic E-state index is -0.0644. The fourth-order valence-electron chi connectivity index (χ4n) is 3.71. The highest BCUT2D eigenvalue weighted by molar-refractivity contribution is 7.99. The average molecular weight is 449 g/mol. The van der Waals surface area contributed by atoms with Crippen molar-refractivity contribution in [3.63, 3.8) is 0 Å². The zero-order chi connectivity index (χ0) is 22.2. The van der Waals surface area contributed by atoms with Gasteiger partial charge in [0.05, 0.1) is 5.75 Å². The topological polar surface area (TPSA) is 66.3 Å². The van der Waals surface area contributed by atoms with Crippen LogP contribution in [0.2, 0.25) is 0 Å². The molecular formula is C24H28N6OS. The summed E-state index contributed by atoms with van der Waals surface area (Å²) < 4.78 is 1.86. The summed E-state index contributed by atoms with van der Waals surface area (Å²) in [5, 5.41) is 11.6. The predicted octanol–water partition coefficient (Wildman–Crippen LogP) is 3.52. The van der Waals surface area contributed by atoms with Gasteiger partial charge in [0.15, 0.2) is 5.16 Å². The quantitative estimate of drug-likeness (QED) is 0.399. The largest absolute Gasteiger partial charge is 0.369 e. The van der Waals surface area contributed by atoms with Gasteiger partial charge < -0.3 is 14.8 Å². The lowest BCUT2D eigenvalue weighted by Gasteiger charge is -2.36. The van der Waals surface area contributed by atoms with E-state index in [0.717, 1.165) is 38.4 Å². The van der Waals surface area contributed by atoms with Gasteiger partial charge in [0.2, 0.25) is 5.91 Å². The van der Waals surface area contributed by atoms with Crippen LogP contribution in [0.3, 0.4) is 0 Å². The summed E-state index contributed by atoms with van der Waals surface area (Å²) in [5.41, 5.74) is 3.35. The van der Waals surface area contributed by atoms with Crippen LogP contribution >= 0.6 is 11.8 Å². The SMILES string of the molecule is C=CCn1cnnc1SCC(=O)Nc1ccc(N2CCN(Cc3ccccc3)CC2)cc1. The second-order valence-electron chi connectivity index (χ2n) is 7.69. The molecule has 0 saturated carbocycles. The van der Waals surface area contributed by atoms with E-state index in [9.17, 15) is 4.79 Å². The molecule has 0 spiro atoms. The van der Waals surface area contributed by atoms with Crippen molar-refractivity contribution >= 4 is 29.0 Å². The van der Waals surface area contributed by atoms with Gasteiger partial charge in [0.25, 0.3) is 0 Å². The molecule has 2 aromatic carbocycles. The van der Waals surface area contributed by atoms with E-state index in [-0.39, 0.29) is 11.7 Å². The second kappa shape index (κ2) is 11.0. The van der Waals surface area contributed by atoms with E-state index in [2.05, 4.69) is 74.4 Å². The van der Waals surface area contributed by atoms with E-state index < -0.39 is 0 Å². The number of nitrogens with one attached hydrogen (secondary N) is 1. The summed E-state index contributed by atoms with van der Waals surface area (Å²) in [6.45, 7) is 9.43. The van der Waals surface area contributed by atoms with E-state index in [1.807, 2.05) is 16.7 Å². The Labute approximate surface area is 193 Å². The van der Waals surface area contributed by atoms with Gasteiger partial charge >= 0.3 is 0 Å². The minimum Gasteiger partial charge on any atom is -0.369 e. The number of thioether (sulfide) groups is 1. The van der Waals surface area contributed by atoms with Crippen LogP contribution in [-0.2, 0) is 17.9 Å². The summed E-state index contributed by atoms with van der Waals surface area (Å²) >= 11 is 1.36. The van der Waals surface area contributed by atoms with Gasteiger partial charge in [-0.1, -0.05) is 48.2 Å². The molecule has 1 aromatic heterocycles. The molecule has 1 saturated heterocycles. The first-order valence-corrected chi connectivity index (χ1v) is 11.7. The lowest BCUT2D eigenvalue weighted by Crippen LogP contribution is -2.45. The van der Waals surface area contributed by atoms with E-state index in [0.29, 0.717) is 11.7 Å². The van der Waals surface area contributed by atoms with Gasteiger partial charge in [-0.25, -0.2) is 0 Å². The Hall–Kier alpha value is -3.10. The molecule has 1 N–H and O–H groups in total. The zero-order valence-electron chi connectivity index (χ0n) is 18.1. The second-order valence-corrected chi connectivity index (χ2v) is 8.63. The van der Waals surface area contributed by atoms with Crippen molar-refractivity contribution in [1.82, 2.24) is 19.7 Å². The molecule has 0 aliphatic carbocycles. The Balaban J connectivity index is 1.23. The van der Waals surface area contributed by atoms with Crippen LogP contribution in [0.4, 0.5) is 11.4 Å². The van der Waals surface area contributed by atoms with Crippen LogP contribution in [0.1, 0.15) is 5.56 Å². The molecule has 7 nitrogen and oxygen atoms in total. The van der Waals surface area contributed by atoms with E-state index >= 15 is 0 Å². The molecular weight excluding hydrogens is 420 g/mol. The van der Waals surface area contributed by atoms with Gasteiger partial charge in [-0.3, -0.25) is 9.69 Å². The minimum absolute atomic E-state index is 0.0644. The molecule has 1 aliphatic rings. The Bertz CT molecular complexity index is 1010. The third kappa shape index (κ3) is 5.99. The van der Waals surface area contributed by atoms with Gasteiger partial charge in [-0.05, 0) is 29.8 Å². The lowest BCUT2D eigenvalue weighted by molar-refractivity contribution is -0.113. The summed E-state index contributed by atoms with van der Waals surface area (Å²) in [7, 11) is 0. The highest BCUT2D eigenvalue weighted by atomic mass is 32.2. The molecule has 166 valence electrons. The number of amides is 1. The van der Waals surface area contributed by atoms with Crippen molar-refractivity contribution in [1.29, 1.82) is 0 Å². The van der Waals surface area contributed by atoms with Crippen molar-refractivity contribution in [2.24, 2.45) is 0 Å². The monoisotopic (exact) mass is 448 g/mol. The summed E-state index contributed by atoms with van der Waals surface area (Å²) in [5.74, 6) is 0.214. The van der Waals surface area contributed by atoms with E-state index in [1.54, 1.807) is 12.4 Å². The molecule has 0 atom stereocenters. The van der Waals surface area contributed by atoms with Gasteiger partial charge in [-0.15, -0.1) is 16.8 Å². The molecule has 8 heteroatoms. The molecule has 0 radical (unpaired) electrons. The van der Waals surface area contributed by atoms with Crippen molar-refractivity contribution in [3.05, 3.63) is 79.1 Å². The van der Waals surface area contributed by atoms with Crippen molar-refractivity contribution in [2.45, 2.75) is 18.2 Å². The number of hydrogen-bond donors (Lipinski definition) is 1. The number of hydrogen-bond acceptors (Lipinski definition) is 6. The third-order valence-corrected chi connectivity index (χ3v) is 6.36. The molecule has 1 aliphatic heterocycles. The number of benzene rings is 2. The molecule has 32 heavy (non-hydrogen) atoms. The van der Waals surface area contributed by atoms with Crippen molar-refractivity contribution < 1.29 is 4.79 Å². The molecule has 0 bridgehead atoms. The number of allylic oxidation sites excluding steroid dienone is 1. The number of carbonyl (C=O) groups is 1. The maximum atomic E-state index is 12.3. The highest BCUT2D eigenvalue weighted by Gasteiger charge is 2.17. The smallest absolute Gasteiger partial charge is 0.234 e. The molecule has 1 fully saturated rings. The lowest BCUT2D eigenvalue weighted by atomic mass is 10.2. The first kappa shape index (κ1) is 22.1. The van der Waals surface area contributed by atoms with Gasteiger partial charge in [-0.2, -0.15) is 0 Å². The standard InChI is InChI=1S/C24H28N6OS/c1-2-12-30-19-25-27-24(30)32-18-23(31)26-21-8-10-22(11-9-21)29-15-13-28(14-16-29)17-20-6-4-3-5-7-20/h2-11,19H,1,12-18H2,(H,26,31). The fourth-order valence-corrected chi connectivity index (χ4v) is 4.43. The first-order valence-electron chi connectivity index (χ1n) is 10.7. The maximum absolute atomic E-state index is 12.3. The highest BCUT2D eigenvalue weighted by Crippen LogP contribution is 2.21. The number of nitrogens with zero attached hydrogens (tertiary/aromatic N) is 5. The number of piperazine rings is 1. The third-order valence-electron chi connectivity index (χ3n) is 5.38. The molecule has 1 amide bonds. The molecule has 2 heterocycles. The number of aromatic nitrogens is 3. The summed E-state index contributed by atoms with van der Waals surface area (Å²) in [6.07, 6.45) is 3.42. The summed E-state index contributed by atoms with van der Waals surface area (Å²) in [6, 6.07) is 18.7. The zero-order valence-corrected chi connectivity index (χ0v) is 18.9. The number of anilines is 2. The first-order chi connectivity index (χ1) is 15.7. The van der Waals surface area contributed by atoms with Crippen LogP contribution in [0, 0.1) is 0 Å². The Morgan fingerprint density at radius 2 is 1.81 bits per heavy atom. The van der Waals surface area contributed by atoms with Gasteiger partial charge in [0.1, 0.15) is 6.33 Å². The van der Waals surface area contributed by atoms with Crippen molar-refractivity contribution in [2.75, 3.05) is 42.1 Å². The maximum Gasteiger partial charge on any atom is 0.234 e. The average Bonchev–Trinajstić information content (AvgIpc) is 3.27. The van der Waals surface area contributed by atoms with E-state index in [4.69, 9.17) is 0 Å². The molecule has 3 aromatic rings. The van der Waals surface area contributed by atoms with Crippen LogP contribution in [0.25, 0.3) is 0 Å². The van der Waals surface area contributed by atoms with Crippen LogP contribution in [0.5, 0.6) is 0 Å². The summed E-state index contributed by atoms with van der Waals surface area (Å²) in [4.78, 5) is 17.2. The van der Waals surface area contributed by atoms with Crippen molar-refractivity contribution in [3.8, 4) is 0 Å². The van der Waals surface area contributed by atoms with Gasteiger partial charge in [0, 0.05) is 50.6 Å². The Kier molecular flexibility index (Phi) is 7.58. The normalized spacial score (nSPS) is 14.3. The molecule has 0 unspecified atom stereocenters. The van der Waals surface area contributed by atoms with Crippen LogP contribution in [-0.4, -0.2) is 57.5 Å². The Morgan fingerprint density at radius 1 is 1.06 bits per heavy atom. The number of carbonyl (C=O) groups excluding carboxylic acids is 1. The predicted molar refractivity (Wildman–Crippen MR) is 130 cm³/mol. The van der Waals surface area contributed by atoms with Crippen LogP contribution in [0.15, 0.2) is 78.7 Å². The Morgan fingerprint density at radius 3 is 2.53 bits per heavy atom. The fraction of sp³-hybridized carbons (Fsp3) is 0.292. The van der Waals surface area contributed by atoms with Crippen LogP contribution < -0.4 is 10.2 Å². The number of rotatable bonds is 9. The van der Waals surface area contributed by atoms with E-state index in [1.165, 1.54) is 23.0 Å². The molecule has 4 rings (SSSR count).